The molecule has 2 aromatic heterocycles. The zero-order chi connectivity index (χ0) is 22.4. The Kier molecular flexibility index (Phi) is 7.60. The first-order valence-corrected chi connectivity index (χ1v) is 10.2. The van der Waals surface area contributed by atoms with Crippen LogP contribution in [-0.2, 0) is 15.7 Å². The van der Waals surface area contributed by atoms with Gasteiger partial charge in [0.1, 0.15) is 11.4 Å². The first-order chi connectivity index (χ1) is 14.8. The Labute approximate surface area is 179 Å². The lowest BCUT2D eigenvalue weighted by atomic mass is 10.2. The summed E-state index contributed by atoms with van der Waals surface area (Å²) in [6, 6.07) is 3.65. The third kappa shape index (κ3) is 7.00. The van der Waals surface area contributed by atoms with Crippen molar-refractivity contribution < 1.29 is 22.6 Å². The monoisotopic (exact) mass is 440 g/mol. The second-order valence-electron chi connectivity index (χ2n) is 7.60. The molecule has 1 fully saturated rings. The van der Waals surface area contributed by atoms with Crippen molar-refractivity contribution in [3.05, 3.63) is 23.9 Å². The molecule has 31 heavy (non-hydrogen) atoms. The van der Waals surface area contributed by atoms with Crippen molar-refractivity contribution >= 4 is 11.9 Å². The lowest BCUT2D eigenvalue weighted by Gasteiger charge is -2.17. The van der Waals surface area contributed by atoms with E-state index in [1.807, 2.05) is 13.8 Å². The first kappa shape index (κ1) is 23.1. The SMILES string of the molecule is COCCOCC(C)Nc1nc(NC(C)C2CC2)nc(-c2cccc(C(F)(F)F)n2)n1. The molecule has 2 N–H and O–H groups in total. The van der Waals surface area contributed by atoms with Crippen molar-refractivity contribution in [2.75, 3.05) is 37.6 Å². The van der Waals surface area contributed by atoms with Crippen LogP contribution in [0.5, 0.6) is 0 Å². The van der Waals surface area contributed by atoms with E-state index in [0.29, 0.717) is 31.7 Å². The Morgan fingerprint density at radius 2 is 1.74 bits per heavy atom. The van der Waals surface area contributed by atoms with Crippen LogP contribution < -0.4 is 10.6 Å². The number of hydrogen-bond donors (Lipinski definition) is 2. The molecule has 2 aromatic rings. The molecule has 0 amide bonds. The fourth-order valence-corrected chi connectivity index (χ4v) is 2.92. The number of hydrogen-bond acceptors (Lipinski definition) is 8. The molecule has 170 valence electrons. The topological polar surface area (TPSA) is 94.1 Å². The summed E-state index contributed by atoms with van der Waals surface area (Å²) in [5.41, 5.74) is -0.980. The molecule has 0 aromatic carbocycles. The maximum absolute atomic E-state index is 13.1. The van der Waals surface area contributed by atoms with Crippen LogP contribution in [0.25, 0.3) is 11.5 Å². The predicted octanol–water partition coefficient (Wildman–Crippen LogP) is 3.63. The van der Waals surface area contributed by atoms with Crippen molar-refractivity contribution in [2.24, 2.45) is 5.92 Å². The molecule has 0 aliphatic heterocycles. The average molecular weight is 440 g/mol. The minimum absolute atomic E-state index is 0.0198. The van der Waals surface area contributed by atoms with Gasteiger partial charge in [-0.15, -0.1) is 0 Å². The van der Waals surface area contributed by atoms with Gasteiger partial charge in [-0.25, -0.2) is 4.98 Å². The zero-order valence-corrected chi connectivity index (χ0v) is 17.7. The van der Waals surface area contributed by atoms with Gasteiger partial charge in [-0.05, 0) is 44.7 Å². The van der Waals surface area contributed by atoms with Crippen LogP contribution in [0.2, 0.25) is 0 Å². The number of nitrogens with one attached hydrogen (secondary N) is 2. The van der Waals surface area contributed by atoms with Gasteiger partial charge in [0.05, 0.1) is 19.8 Å². The summed E-state index contributed by atoms with van der Waals surface area (Å²) in [6.07, 6.45) is -2.30. The van der Waals surface area contributed by atoms with Crippen LogP contribution >= 0.6 is 0 Å². The number of methoxy groups -OCH3 is 1. The zero-order valence-electron chi connectivity index (χ0n) is 17.7. The van der Waals surface area contributed by atoms with E-state index < -0.39 is 11.9 Å². The first-order valence-electron chi connectivity index (χ1n) is 10.2. The standard InChI is InChI=1S/C20H27F3N6O2/c1-12(11-31-10-9-30-3)24-18-27-17(15-5-4-6-16(26-15)20(21,22)23)28-19(29-18)25-13(2)14-7-8-14/h4-6,12-14H,7-11H2,1-3H3,(H2,24,25,27,28,29). The second kappa shape index (κ2) is 10.2. The van der Waals surface area contributed by atoms with Crippen LogP contribution in [0.1, 0.15) is 32.4 Å². The smallest absolute Gasteiger partial charge is 0.382 e. The lowest BCUT2D eigenvalue weighted by Crippen LogP contribution is -2.25. The number of anilines is 2. The maximum atomic E-state index is 13.1. The second-order valence-corrected chi connectivity index (χ2v) is 7.60. The van der Waals surface area contributed by atoms with Crippen LogP contribution in [0.3, 0.4) is 0 Å². The Morgan fingerprint density at radius 3 is 2.39 bits per heavy atom. The van der Waals surface area contributed by atoms with E-state index in [9.17, 15) is 13.2 Å². The van der Waals surface area contributed by atoms with E-state index in [1.54, 1.807) is 7.11 Å². The van der Waals surface area contributed by atoms with Crippen molar-refractivity contribution in [1.29, 1.82) is 0 Å². The van der Waals surface area contributed by atoms with Crippen molar-refractivity contribution in [3.63, 3.8) is 0 Å². The van der Waals surface area contributed by atoms with E-state index >= 15 is 0 Å². The van der Waals surface area contributed by atoms with Gasteiger partial charge in [-0.2, -0.15) is 28.1 Å². The molecule has 1 saturated carbocycles. The van der Waals surface area contributed by atoms with Crippen LogP contribution in [-0.4, -0.2) is 59.0 Å². The summed E-state index contributed by atoms with van der Waals surface area (Å²) < 4.78 is 49.7. The molecular weight excluding hydrogens is 413 g/mol. The molecule has 8 nitrogen and oxygen atoms in total. The summed E-state index contributed by atoms with van der Waals surface area (Å²) >= 11 is 0. The van der Waals surface area contributed by atoms with E-state index in [1.165, 1.54) is 12.1 Å². The highest BCUT2D eigenvalue weighted by molar-refractivity contribution is 5.54. The highest BCUT2D eigenvalue weighted by atomic mass is 19.4. The molecule has 0 radical (unpaired) electrons. The van der Waals surface area contributed by atoms with Gasteiger partial charge in [-0.3, -0.25) is 0 Å². The van der Waals surface area contributed by atoms with Gasteiger partial charge in [0.15, 0.2) is 5.82 Å². The van der Waals surface area contributed by atoms with E-state index in [-0.39, 0.29) is 29.6 Å². The van der Waals surface area contributed by atoms with Gasteiger partial charge >= 0.3 is 6.18 Å². The Morgan fingerprint density at radius 1 is 1.03 bits per heavy atom. The highest BCUT2D eigenvalue weighted by Crippen LogP contribution is 2.34. The summed E-state index contributed by atoms with van der Waals surface area (Å²) in [7, 11) is 1.59. The van der Waals surface area contributed by atoms with Crippen LogP contribution in [0, 0.1) is 5.92 Å². The molecule has 11 heteroatoms. The van der Waals surface area contributed by atoms with Gasteiger partial charge in [0, 0.05) is 19.2 Å². The number of alkyl halides is 3. The quantitative estimate of drug-likeness (QED) is 0.512. The number of halogens is 3. The summed E-state index contributed by atoms with van der Waals surface area (Å²) in [5, 5.41) is 6.35. The van der Waals surface area contributed by atoms with Crippen molar-refractivity contribution in [3.8, 4) is 11.5 Å². The summed E-state index contributed by atoms with van der Waals surface area (Å²) in [4.78, 5) is 16.7. The van der Waals surface area contributed by atoms with Gasteiger partial charge in [0.2, 0.25) is 11.9 Å². The normalized spacial score (nSPS) is 16.1. The third-order valence-corrected chi connectivity index (χ3v) is 4.77. The minimum atomic E-state index is -4.56. The van der Waals surface area contributed by atoms with Crippen LogP contribution in [0.15, 0.2) is 18.2 Å². The molecular formula is C20H27F3N6O2. The minimum Gasteiger partial charge on any atom is -0.382 e. The molecule has 1 aliphatic carbocycles. The molecule has 0 bridgehead atoms. The molecule has 1 aliphatic rings. The lowest BCUT2D eigenvalue weighted by molar-refractivity contribution is -0.141. The van der Waals surface area contributed by atoms with Gasteiger partial charge in [-0.1, -0.05) is 6.07 Å². The number of ether oxygens (including phenoxy) is 2. The Balaban J connectivity index is 1.83. The molecule has 2 heterocycles. The Hall–Kier alpha value is -2.53. The predicted molar refractivity (Wildman–Crippen MR) is 110 cm³/mol. The van der Waals surface area contributed by atoms with E-state index in [0.717, 1.165) is 18.9 Å². The fraction of sp³-hybridized carbons (Fsp3) is 0.600. The molecule has 0 spiro atoms. The number of pyridine rings is 1. The number of aromatic nitrogens is 4. The molecule has 0 saturated heterocycles. The fourth-order valence-electron chi connectivity index (χ4n) is 2.92. The largest absolute Gasteiger partial charge is 0.433 e. The van der Waals surface area contributed by atoms with Crippen molar-refractivity contribution in [1.82, 2.24) is 19.9 Å². The van der Waals surface area contributed by atoms with Gasteiger partial charge in [0.25, 0.3) is 0 Å². The summed E-state index contributed by atoms with van der Waals surface area (Å²) in [6.45, 7) is 5.23. The van der Waals surface area contributed by atoms with Gasteiger partial charge < -0.3 is 20.1 Å². The highest BCUT2D eigenvalue weighted by Gasteiger charge is 2.33. The average Bonchev–Trinajstić information content (AvgIpc) is 3.56. The van der Waals surface area contributed by atoms with E-state index in [2.05, 4.69) is 30.6 Å². The van der Waals surface area contributed by atoms with Crippen molar-refractivity contribution in [2.45, 2.75) is 44.9 Å². The maximum Gasteiger partial charge on any atom is 0.433 e. The van der Waals surface area contributed by atoms with Crippen LogP contribution in [0.4, 0.5) is 25.1 Å². The third-order valence-electron chi connectivity index (χ3n) is 4.77. The molecule has 2 unspecified atom stereocenters. The Bertz CT molecular complexity index is 863. The van der Waals surface area contributed by atoms with E-state index in [4.69, 9.17) is 9.47 Å². The molecule has 3 rings (SSSR count). The number of rotatable bonds is 11. The summed E-state index contributed by atoms with van der Waals surface area (Å²) in [5.74, 6) is 1.12. The molecule has 2 atom stereocenters. The number of nitrogens with zero attached hydrogens (tertiary/aromatic N) is 4.